The summed E-state index contributed by atoms with van der Waals surface area (Å²) in [5.41, 5.74) is 1.71. The predicted octanol–water partition coefficient (Wildman–Crippen LogP) is 4.62. The molecule has 0 bridgehead atoms. The maximum absolute atomic E-state index is 13.8. The second kappa shape index (κ2) is 6.92. The number of halogens is 2. The predicted molar refractivity (Wildman–Crippen MR) is 90.2 cm³/mol. The van der Waals surface area contributed by atoms with Crippen molar-refractivity contribution in [2.45, 2.75) is 19.8 Å². The molecule has 3 rings (SSSR count). The average molecular weight is 347 g/mol. The molecule has 0 aliphatic rings. The minimum Gasteiger partial charge on any atom is -0.318 e. The molecule has 0 fully saturated rings. The number of aromatic amines is 1. The lowest BCUT2D eigenvalue weighted by atomic mass is 10.1. The van der Waals surface area contributed by atoms with Crippen LogP contribution in [0.3, 0.4) is 0 Å². The van der Waals surface area contributed by atoms with Gasteiger partial charge in [-0.25, -0.2) is 8.78 Å². The Labute approximate surface area is 141 Å². The van der Waals surface area contributed by atoms with Crippen molar-refractivity contribution in [2.75, 3.05) is 5.32 Å². The minimum atomic E-state index is -0.897. The number of H-pyrrole nitrogens is 1. The molecule has 124 valence electrons. The number of carbonyl (C=O) groups excluding carboxylic acids is 1. The molecule has 0 radical (unpaired) electrons. The fraction of sp³-hybridized carbons (Fsp3) is 0.176. The Morgan fingerprint density at radius 1 is 1.33 bits per heavy atom. The number of nitrogens with one attached hydrogen (secondary N) is 2. The van der Waals surface area contributed by atoms with Crippen LogP contribution in [-0.4, -0.2) is 16.1 Å². The van der Waals surface area contributed by atoms with Crippen LogP contribution in [0.25, 0.3) is 10.6 Å². The zero-order valence-electron chi connectivity index (χ0n) is 12.9. The van der Waals surface area contributed by atoms with Crippen LogP contribution in [0.5, 0.6) is 0 Å². The monoisotopic (exact) mass is 347 g/mol. The number of amides is 1. The number of aromatic nitrogens is 2. The summed E-state index contributed by atoms with van der Waals surface area (Å²) in [6, 6.07) is 6.66. The van der Waals surface area contributed by atoms with Crippen molar-refractivity contribution in [3.8, 4) is 10.6 Å². The summed E-state index contributed by atoms with van der Waals surface area (Å²) in [6.45, 7) is 2.01. The van der Waals surface area contributed by atoms with Gasteiger partial charge in [-0.05, 0) is 30.0 Å². The summed E-state index contributed by atoms with van der Waals surface area (Å²) < 4.78 is 26.8. The maximum Gasteiger partial charge on any atom is 0.258 e. The minimum absolute atomic E-state index is 0.211. The van der Waals surface area contributed by atoms with Gasteiger partial charge in [-0.2, -0.15) is 5.10 Å². The van der Waals surface area contributed by atoms with Crippen LogP contribution >= 0.6 is 11.3 Å². The van der Waals surface area contributed by atoms with Crippen molar-refractivity contribution < 1.29 is 13.6 Å². The number of hydrogen-bond acceptors (Lipinski definition) is 3. The van der Waals surface area contributed by atoms with Crippen LogP contribution in [0.15, 0.2) is 35.7 Å². The Bertz CT molecular complexity index is 859. The molecule has 24 heavy (non-hydrogen) atoms. The van der Waals surface area contributed by atoms with E-state index in [1.54, 1.807) is 0 Å². The number of rotatable bonds is 5. The van der Waals surface area contributed by atoms with E-state index in [0.717, 1.165) is 29.1 Å². The van der Waals surface area contributed by atoms with Gasteiger partial charge in [0.05, 0.1) is 21.8 Å². The van der Waals surface area contributed by atoms with Crippen LogP contribution in [0.1, 0.15) is 29.4 Å². The normalized spacial score (nSPS) is 10.8. The van der Waals surface area contributed by atoms with Gasteiger partial charge in [-0.1, -0.05) is 19.4 Å². The molecule has 0 atom stereocenters. The number of nitrogens with zero attached hydrogens (tertiary/aromatic N) is 1. The number of benzene rings is 1. The summed E-state index contributed by atoms with van der Waals surface area (Å²) in [5, 5.41) is 11.8. The fourth-order valence-electron chi connectivity index (χ4n) is 2.39. The Morgan fingerprint density at radius 2 is 2.17 bits per heavy atom. The molecule has 2 heterocycles. The van der Waals surface area contributed by atoms with Crippen molar-refractivity contribution in [3.05, 3.63) is 58.6 Å². The first-order valence-corrected chi connectivity index (χ1v) is 8.35. The Kier molecular flexibility index (Phi) is 4.71. The molecule has 7 heteroatoms. The quantitative estimate of drug-likeness (QED) is 0.707. The molecule has 1 amide bonds. The molecule has 3 aromatic rings. The number of hydrogen-bond donors (Lipinski definition) is 2. The van der Waals surface area contributed by atoms with Gasteiger partial charge in [-0.3, -0.25) is 9.89 Å². The third kappa shape index (κ3) is 3.21. The highest BCUT2D eigenvalue weighted by molar-refractivity contribution is 7.13. The second-order valence-electron chi connectivity index (χ2n) is 5.23. The molecule has 1 aromatic carbocycles. The molecule has 0 saturated carbocycles. The summed E-state index contributed by atoms with van der Waals surface area (Å²) in [7, 11) is 0. The zero-order chi connectivity index (χ0) is 17.1. The lowest BCUT2D eigenvalue weighted by Gasteiger charge is -2.08. The van der Waals surface area contributed by atoms with Gasteiger partial charge in [-0.15, -0.1) is 11.3 Å². The van der Waals surface area contributed by atoms with Gasteiger partial charge >= 0.3 is 0 Å². The summed E-state index contributed by atoms with van der Waals surface area (Å²) in [4.78, 5) is 13.3. The highest BCUT2D eigenvalue weighted by Gasteiger charge is 2.20. The van der Waals surface area contributed by atoms with E-state index in [0.29, 0.717) is 23.9 Å². The molecule has 0 saturated heterocycles. The van der Waals surface area contributed by atoms with Crippen LogP contribution < -0.4 is 5.32 Å². The number of thiophene rings is 1. The van der Waals surface area contributed by atoms with Crippen molar-refractivity contribution in [2.24, 2.45) is 0 Å². The zero-order valence-corrected chi connectivity index (χ0v) is 13.7. The highest BCUT2D eigenvalue weighted by Crippen LogP contribution is 2.33. The number of aryl methyl sites for hydroxylation is 1. The molecule has 4 nitrogen and oxygen atoms in total. The maximum atomic E-state index is 13.8. The van der Waals surface area contributed by atoms with Crippen LogP contribution in [0, 0.1) is 11.6 Å². The van der Waals surface area contributed by atoms with Gasteiger partial charge in [0.15, 0.2) is 0 Å². The molecule has 0 aliphatic carbocycles. The SMILES string of the molecule is CCCc1[nH]nc(-c2cccs2)c1NC(=O)c1ccc(F)cc1F. The van der Waals surface area contributed by atoms with E-state index in [1.165, 1.54) is 11.3 Å². The van der Waals surface area contributed by atoms with Crippen LogP contribution in [0.4, 0.5) is 14.5 Å². The molecule has 2 N–H and O–H groups in total. The third-order valence-corrected chi connectivity index (χ3v) is 4.39. The summed E-state index contributed by atoms with van der Waals surface area (Å²) in [6.07, 6.45) is 1.56. The van der Waals surface area contributed by atoms with Gasteiger partial charge in [0.1, 0.15) is 17.3 Å². The van der Waals surface area contributed by atoms with E-state index >= 15 is 0 Å². The van der Waals surface area contributed by atoms with Crippen molar-refractivity contribution in [3.63, 3.8) is 0 Å². The van der Waals surface area contributed by atoms with Crippen molar-refractivity contribution in [1.82, 2.24) is 10.2 Å². The van der Waals surface area contributed by atoms with E-state index in [1.807, 2.05) is 24.4 Å². The Hall–Kier alpha value is -2.54. The Morgan fingerprint density at radius 3 is 2.83 bits per heavy atom. The first kappa shape index (κ1) is 16.3. The van der Waals surface area contributed by atoms with Gasteiger partial charge in [0.25, 0.3) is 5.91 Å². The second-order valence-corrected chi connectivity index (χ2v) is 6.18. The third-order valence-electron chi connectivity index (χ3n) is 3.51. The number of carbonyl (C=O) groups is 1. The van der Waals surface area contributed by atoms with Crippen LogP contribution in [-0.2, 0) is 6.42 Å². The first-order chi connectivity index (χ1) is 11.6. The van der Waals surface area contributed by atoms with Gasteiger partial charge < -0.3 is 5.32 Å². The van der Waals surface area contributed by atoms with E-state index < -0.39 is 17.5 Å². The summed E-state index contributed by atoms with van der Waals surface area (Å²) in [5.74, 6) is -2.26. The van der Waals surface area contributed by atoms with E-state index in [-0.39, 0.29) is 5.56 Å². The standard InChI is InChI=1S/C17H15F2N3OS/c1-2-4-13-15(16(22-21-13)14-5-3-8-24-14)20-17(23)11-7-6-10(18)9-12(11)19/h3,5-9H,2,4H2,1H3,(H,20,23)(H,21,22). The fourth-order valence-corrected chi connectivity index (χ4v) is 3.11. The van der Waals surface area contributed by atoms with Crippen LogP contribution in [0.2, 0.25) is 0 Å². The largest absolute Gasteiger partial charge is 0.318 e. The van der Waals surface area contributed by atoms with Crippen molar-refractivity contribution in [1.29, 1.82) is 0 Å². The molecular weight excluding hydrogens is 332 g/mol. The topological polar surface area (TPSA) is 57.8 Å². The highest BCUT2D eigenvalue weighted by atomic mass is 32.1. The van der Waals surface area contributed by atoms with E-state index in [2.05, 4.69) is 15.5 Å². The lowest BCUT2D eigenvalue weighted by Crippen LogP contribution is -2.15. The van der Waals surface area contributed by atoms with Gasteiger partial charge in [0.2, 0.25) is 0 Å². The average Bonchev–Trinajstić information content (AvgIpc) is 3.18. The number of anilines is 1. The summed E-state index contributed by atoms with van der Waals surface area (Å²) >= 11 is 1.49. The van der Waals surface area contributed by atoms with Gasteiger partial charge in [0, 0.05) is 6.07 Å². The lowest BCUT2D eigenvalue weighted by molar-refractivity contribution is 0.102. The van der Waals surface area contributed by atoms with E-state index in [9.17, 15) is 13.6 Å². The van der Waals surface area contributed by atoms with Crippen molar-refractivity contribution >= 4 is 22.9 Å². The molecular formula is C17H15F2N3OS. The van der Waals surface area contributed by atoms with E-state index in [4.69, 9.17) is 0 Å². The first-order valence-electron chi connectivity index (χ1n) is 7.47. The molecule has 2 aromatic heterocycles. The molecule has 0 aliphatic heterocycles. The smallest absolute Gasteiger partial charge is 0.258 e. The molecule has 0 spiro atoms. The Balaban J connectivity index is 1.96. The molecule has 0 unspecified atom stereocenters.